The summed E-state index contributed by atoms with van der Waals surface area (Å²) in [5.74, 6) is 1.99. The van der Waals surface area contributed by atoms with E-state index in [2.05, 4.69) is 25.4 Å². The average molecular weight is 233 g/mol. The predicted octanol–water partition coefficient (Wildman–Crippen LogP) is 0.802. The molecule has 0 radical (unpaired) electrons. The Balaban J connectivity index is 2.26. The molecule has 2 rings (SSSR count). The van der Waals surface area contributed by atoms with Gasteiger partial charge in [-0.2, -0.15) is 20.1 Å². The highest BCUT2D eigenvalue weighted by atomic mass is 15.3. The highest BCUT2D eigenvalue weighted by Gasteiger charge is 2.06. The minimum atomic E-state index is 0.215. The van der Waals surface area contributed by atoms with Crippen molar-refractivity contribution in [3.8, 4) is 0 Å². The fourth-order valence-corrected chi connectivity index (χ4v) is 1.39. The maximum absolute atomic E-state index is 5.60. The van der Waals surface area contributed by atoms with Gasteiger partial charge in [-0.3, -0.25) is 4.68 Å². The third-order valence-corrected chi connectivity index (χ3v) is 2.37. The molecule has 17 heavy (non-hydrogen) atoms. The van der Waals surface area contributed by atoms with Crippen LogP contribution >= 0.6 is 0 Å². The van der Waals surface area contributed by atoms with Crippen LogP contribution in [-0.4, -0.2) is 24.7 Å². The SMILES string of the molecule is CCc1nc(N)nc(Nc2cc(C)n(C)n2)n1. The van der Waals surface area contributed by atoms with Crippen molar-refractivity contribution in [2.45, 2.75) is 20.3 Å². The Morgan fingerprint density at radius 2 is 2.12 bits per heavy atom. The monoisotopic (exact) mass is 233 g/mol. The molecular formula is C10H15N7. The van der Waals surface area contributed by atoms with Crippen LogP contribution in [0.15, 0.2) is 6.07 Å². The van der Waals surface area contributed by atoms with Crippen molar-refractivity contribution in [2.24, 2.45) is 7.05 Å². The van der Waals surface area contributed by atoms with Gasteiger partial charge in [-0.25, -0.2) is 0 Å². The lowest BCUT2D eigenvalue weighted by Crippen LogP contribution is -2.06. The minimum Gasteiger partial charge on any atom is -0.368 e. The molecule has 0 saturated carbocycles. The molecule has 7 heteroatoms. The van der Waals surface area contributed by atoms with Crippen LogP contribution in [-0.2, 0) is 13.5 Å². The molecule has 2 heterocycles. The van der Waals surface area contributed by atoms with Crippen molar-refractivity contribution < 1.29 is 0 Å². The van der Waals surface area contributed by atoms with Crippen LogP contribution < -0.4 is 11.1 Å². The van der Waals surface area contributed by atoms with Crippen LogP contribution in [0.2, 0.25) is 0 Å². The summed E-state index contributed by atoms with van der Waals surface area (Å²) >= 11 is 0. The van der Waals surface area contributed by atoms with Crippen molar-refractivity contribution in [2.75, 3.05) is 11.1 Å². The lowest BCUT2D eigenvalue weighted by molar-refractivity contribution is 0.742. The number of hydrogen-bond donors (Lipinski definition) is 2. The summed E-state index contributed by atoms with van der Waals surface area (Å²) in [5.41, 5.74) is 6.64. The van der Waals surface area contributed by atoms with Gasteiger partial charge in [0.05, 0.1) is 0 Å². The molecule has 0 aliphatic heterocycles. The molecule has 0 fully saturated rings. The van der Waals surface area contributed by atoms with E-state index >= 15 is 0 Å². The van der Waals surface area contributed by atoms with E-state index < -0.39 is 0 Å². The van der Waals surface area contributed by atoms with E-state index in [1.807, 2.05) is 27.0 Å². The molecule has 0 aromatic carbocycles. The molecule has 7 nitrogen and oxygen atoms in total. The van der Waals surface area contributed by atoms with Crippen molar-refractivity contribution in [3.63, 3.8) is 0 Å². The number of nitrogens with one attached hydrogen (secondary N) is 1. The quantitative estimate of drug-likeness (QED) is 0.814. The van der Waals surface area contributed by atoms with E-state index in [0.717, 1.165) is 5.69 Å². The number of nitrogen functional groups attached to an aromatic ring is 1. The Morgan fingerprint density at radius 3 is 2.71 bits per heavy atom. The van der Waals surface area contributed by atoms with E-state index in [4.69, 9.17) is 5.73 Å². The molecule has 2 aromatic heterocycles. The van der Waals surface area contributed by atoms with Crippen LogP contribution in [0.25, 0.3) is 0 Å². The molecule has 0 amide bonds. The molecule has 0 spiro atoms. The maximum atomic E-state index is 5.60. The zero-order valence-corrected chi connectivity index (χ0v) is 10.1. The topological polar surface area (TPSA) is 94.5 Å². The Labute approximate surface area is 99.1 Å². The molecule has 2 aromatic rings. The fraction of sp³-hybridized carbons (Fsp3) is 0.400. The molecule has 90 valence electrons. The van der Waals surface area contributed by atoms with Crippen molar-refractivity contribution in [3.05, 3.63) is 17.6 Å². The number of nitrogens with zero attached hydrogens (tertiary/aromatic N) is 5. The number of rotatable bonds is 3. The van der Waals surface area contributed by atoms with Crippen molar-refractivity contribution in [1.29, 1.82) is 0 Å². The molecule has 0 saturated heterocycles. The molecule has 0 bridgehead atoms. The van der Waals surface area contributed by atoms with Gasteiger partial charge in [-0.1, -0.05) is 6.92 Å². The van der Waals surface area contributed by atoms with Crippen LogP contribution in [0.3, 0.4) is 0 Å². The summed E-state index contributed by atoms with van der Waals surface area (Å²) in [6, 6.07) is 1.91. The van der Waals surface area contributed by atoms with Gasteiger partial charge in [0, 0.05) is 25.2 Å². The van der Waals surface area contributed by atoms with Gasteiger partial charge >= 0.3 is 0 Å². The molecular weight excluding hydrogens is 218 g/mol. The second-order valence-electron chi connectivity index (χ2n) is 3.71. The Morgan fingerprint density at radius 1 is 1.35 bits per heavy atom. The van der Waals surface area contributed by atoms with Gasteiger partial charge in [0.25, 0.3) is 0 Å². The summed E-state index contributed by atoms with van der Waals surface area (Å²) in [4.78, 5) is 12.2. The number of anilines is 3. The van der Waals surface area contributed by atoms with Crippen molar-refractivity contribution in [1.82, 2.24) is 24.7 Å². The first-order valence-corrected chi connectivity index (χ1v) is 5.36. The number of aryl methyl sites for hydroxylation is 3. The molecule has 0 unspecified atom stereocenters. The van der Waals surface area contributed by atoms with Crippen LogP contribution in [0.4, 0.5) is 17.7 Å². The zero-order chi connectivity index (χ0) is 12.4. The van der Waals surface area contributed by atoms with Gasteiger partial charge in [-0.15, -0.1) is 0 Å². The summed E-state index contributed by atoms with van der Waals surface area (Å²) in [6.07, 6.45) is 0.711. The van der Waals surface area contributed by atoms with E-state index in [-0.39, 0.29) is 5.95 Å². The highest BCUT2D eigenvalue weighted by molar-refractivity contribution is 5.49. The summed E-state index contributed by atoms with van der Waals surface area (Å²) in [5, 5.41) is 7.26. The molecule has 0 aliphatic rings. The predicted molar refractivity (Wildman–Crippen MR) is 64.8 cm³/mol. The molecule has 0 aliphatic carbocycles. The van der Waals surface area contributed by atoms with Gasteiger partial charge in [0.15, 0.2) is 5.82 Å². The first-order chi connectivity index (χ1) is 8.08. The number of hydrogen-bond acceptors (Lipinski definition) is 6. The second-order valence-corrected chi connectivity index (χ2v) is 3.71. The maximum Gasteiger partial charge on any atom is 0.233 e. The molecule has 0 atom stereocenters. The normalized spacial score (nSPS) is 10.5. The highest BCUT2D eigenvalue weighted by Crippen LogP contribution is 2.12. The van der Waals surface area contributed by atoms with Gasteiger partial charge in [0.2, 0.25) is 11.9 Å². The minimum absolute atomic E-state index is 0.215. The first-order valence-electron chi connectivity index (χ1n) is 5.36. The van der Waals surface area contributed by atoms with Gasteiger partial charge in [-0.05, 0) is 6.92 Å². The molecule has 3 N–H and O–H groups in total. The van der Waals surface area contributed by atoms with E-state index in [1.165, 1.54) is 0 Å². The smallest absolute Gasteiger partial charge is 0.233 e. The largest absolute Gasteiger partial charge is 0.368 e. The standard InChI is InChI=1S/C10H15N7/c1-4-7-12-9(11)15-10(13-7)14-8-5-6(2)17(3)16-8/h5H,4H2,1-3H3,(H3,11,12,13,14,15,16). The van der Waals surface area contributed by atoms with Crippen LogP contribution in [0.1, 0.15) is 18.4 Å². The Bertz CT molecular complexity index is 512. The summed E-state index contributed by atoms with van der Waals surface area (Å²) < 4.78 is 1.77. The fourth-order valence-electron chi connectivity index (χ4n) is 1.39. The van der Waals surface area contributed by atoms with Gasteiger partial charge < -0.3 is 11.1 Å². The van der Waals surface area contributed by atoms with E-state index in [9.17, 15) is 0 Å². The van der Waals surface area contributed by atoms with Gasteiger partial charge in [0.1, 0.15) is 5.82 Å². The van der Waals surface area contributed by atoms with E-state index in [1.54, 1.807) is 4.68 Å². The lowest BCUT2D eigenvalue weighted by Gasteiger charge is -2.03. The van der Waals surface area contributed by atoms with Crippen molar-refractivity contribution >= 4 is 17.7 Å². The third kappa shape index (κ3) is 2.49. The summed E-state index contributed by atoms with van der Waals surface area (Å²) in [7, 11) is 1.87. The first kappa shape index (κ1) is 11.3. The number of nitrogens with two attached hydrogens (primary N) is 1. The third-order valence-electron chi connectivity index (χ3n) is 2.37. The van der Waals surface area contributed by atoms with Crippen LogP contribution in [0.5, 0.6) is 0 Å². The number of aromatic nitrogens is 5. The Kier molecular flexibility index (Phi) is 2.90. The lowest BCUT2D eigenvalue weighted by atomic mass is 10.4. The average Bonchev–Trinajstić information content (AvgIpc) is 2.57. The summed E-state index contributed by atoms with van der Waals surface area (Å²) in [6.45, 7) is 3.93. The Hall–Kier alpha value is -2.18. The van der Waals surface area contributed by atoms with Crippen LogP contribution in [0, 0.1) is 6.92 Å². The van der Waals surface area contributed by atoms with E-state index in [0.29, 0.717) is 24.0 Å². The second kappa shape index (κ2) is 4.36. The zero-order valence-electron chi connectivity index (χ0n) is 10.1.